The Balaban J connectivity index is 2.32. The van der Waals surface area contributed by atoms with Crippen LogP contribution in [0.15, 0.2) is 0 Å². The predicted molar refractivity (Wildman–Crippen MR) is 67.4 cm³/mol. The molecule has 4 unspecified atom stereocenters. The maximum absolute atomic E-state index is 10.2. The summed E-state index contributed by atoms with van der Waals surface area (Å²) in [6, 6.07) is 0. The minimum absolute atomic E-state index is 0.112. The maximum atomic E-state index is 10.2. The highest BCUT2D eigenvalue weighted by atomic mass is 16.5. The maximum Gasteiger partial charge on any atom is 0.0571 e. The highest BCUT2D eigenvalue weighted by molar-refractivity contribution is 4.78. The Bertz CT molecular complexity index is 182. The fourth-order valence-electron chi connectivity index (χ4n) is 3.01. The van der Waals surface area contributed by atoms with Gasteiger partial charge < -0.3 is 9.84 Å². The van der Waals surface area contributed by atoms with Crippen molar-refractivity contribution < 1.29 is 9.84 Å². The summed E-state index contributed by atoms with van der Waals surface area (Å²) in [5.41, 5.74) is 0. The molecule has 0 amide bonds. The monoisotopic (exact) mass is 228 g/mol. The average Bonchev–Trinajstić information content (AvgIpc) is 2.29. The van der Waals surface area contributed by atoms with E-state index in [0.29, 0.717) is 11.8 Å². The topological polar surface area (TPSA) is 29.5 Å². The molecule has 1 saturated carbocycles. The van der Waals surface area contributed by atoms with Crippen molar-refractivity contribution in [3.05, 3.63) is 0 Å². The van der Waals surface area contributed by atoms with Crippen LogP contribution in [0, 0.1) is 17.8 Å². The van der Waals surface area contributed by atoms with E-state index in [9.17, 15) is 5.11 Å². The quantitative estimate of drug-likeness (QED) is 0.756. The largest absolute Gasteiger partial charge is 0.393 e. The van der Waals surface area contributed by atoms with Crippen LogP contribution in [0.1, 0.15) is 52.4 Å². The molecule has 0 aliphatic heterocycles. The number of aliphatic hydroxyl groups excluding tert-OH is 1. The van der Waals surface area contributed by atoms with Crippen LogP contribution in [0.2, 0.25) is 0 Å². The molecule has 1 aliphatic rings. The van der Waals surface area contributed by atoms with Gasteiger partial charge in [0.15, 0.2) is 0 Å². The van der Waals surface area contributed by atoms with Crippen molar-refractivity contribution >= 4 is 0 Å². The van der Waals surface area contributed by atoms with Crippen molar-refractivity contribution in [2.45, 2.75) is 58.5 Å². The summed E-state index contributed by atoms with van der Waals surface area (Å²) >= 11 is 0. The normalized spacial score (nSPS) is 30.0. The highest BCUT2D eigenvalue weighted by Crippen LogP contribution is 2.34. The molecule has 0 aromatic heterocycles. The van der Waals surface area contributed by atoms with Crippen molar-refractivity contribution in [1.29, 1.82) is 0 Å². The van der Waals surface area contributed by atoms with Gasteiger partial charge in [-0.25, -0.2) is 0 Å². The molecule has 2 nitrogen and oxygen atoms in total. The molecule has 2 heteroatoms. The van der Waals surface area contributed by atoms with Gasteiger partial charge in [0.1, 0.15) is 0 Å². The summed E-state index contributed by atoms with van der Waals surface area (Å²) in [6.45, 7) is 5.20. The molecule has 1 aliphatic carbocycles. The first-order chi connectivity index (χ1) is 7.67. The predicted octanol–water partition coefficient (Wildman–Crippen LogP) is 3.24. The molecule has 1 N–H and O–H groups in total. The number of rotatable bonds is 6. The molecular weight excluding hydrogens is 200 g/mol. The van der Waals surface area contributed by atoms with Gasteiger partial charge in [-0.1, -0.05) is 33.1 Å². The van der Waals surface area contributed by atoms with Gasteiger partial charge in [-0.05, 0) is 37.0 Å². The Morgan fingerprint density at radius 1 is 1.38 bits per heavy atom. The van der Waals surface area contributed by atoms with E-state index in [0.717, 1.165) is 18.9 Å². The molecule has 16 heavy (non-hydrogen) atoms. The molecule has 0 aromatic carbocycles. The van der Waals surface area contributed by atoms with Gasteiger partial charge in [-0.3, -0.25) is 0 Å². The molecule has 0 heterocycles. The number of ether oxygens (including phenoxy) is 1. The van der Waals surface area contributed by atoms with E-state index >= 15 is 0 Å². The molecule has 0 radical (unpaired) electrons. The second-order valence-electron chi connectivity index (χ2n) is 5.56. The molecule has 0 aromatic rings. The van der Waals surface area contributed by atoms with Crippen molar-refractivity contribution in [3.63, 3.8) is 0 Å². The zero-order valence-electron chi connectivity index (χ0n) is 11.1. The summed E-state index contributed by atoms with van der Waals surface area (Å²) in [5, 5.41) is 10.2. The van der Waals surface area contributed by atoms with E-state index in [-0.39, 0.29) is 6.10 Å². The molecule has 1 rings (SSSR count). The van der Waals surface area contributed by atoms with Crippen LogP contribution in [0.4, 0.5) is 0 Å². The fraction of sp³-hybridized carbons (Fsp3) is 1.00. The molecule has 0 saturated heterocycles. The van der Waals surface area contributed by atoms with E-state index in [2.05, 4.69) is 13.8 Å². The number of hydrogen-bond acceptors (Lipinski definition) is 2. The van der Waals surface area contributed by atoms with Gasteiger partial charge in [0.2, 0.25) is 0 Å². The van der Waals surface area contributed by atoms with Gasteiger partial charge in [0.25, 0.3) is 0 Å². The second kappa shape index (κ2) is 7.29. The summed E-state index contributed by atoms with van der Waals surface area (Å²) in [7, 11) is 1.73. The molecule has 1 fully saturated rings. The van der Waals surface area contributed by atoms with Crippen LogP contribution in [-0.4, -0.2) is 24.9 Å². The Kier molecular flexibility index (Phi) is 6.37. The minimum atomic E-state index is -0.112. The third-order valence-electron chi connectivity index (χ3n) is 4.04. The number of hydrogen-bond donors (Lipinski definition) is 1. The van der Waals surface area contributed by atoms with Crippen LogP contribution in [0.5, 0.6) is 0 Å². The Labute approximate surface area is 100 Å². The van der Waals surface area contributed by atoms with E-state index in [4.69, 9.17) is 4.74 Å². The zero-order valence-corrected chi connectivity index (χ0v) is 11.1. The second-order valence-corrected chi connectivity index (χ2v) is 5.56. The van der Waals surface area contributed by atoms with Gasteiger partial charge in [-0.2, -0.15) is 0 Å². The van der Waals surface area contributed by atoms with E-state index in [1.54, 1.807) is 7.11 Å². The molecule has 96 valence electrons. The molecule has 0 bridgehead atoms. The first-order valence-electron chi connectivity index (χ1n) is 6.84. The zero-order chi connectivity index (χ0) is 12.0. The summed E-state index contributed by atoms with van der Waals surface area (Å²) < 4.78 is 5.12. The lowest BCUT2D eigenvalue weighted by Gasteiger charge is -2.32. The number of aliphatic hydroxyl groups is 1. The first kappa shape index (κ1) is 14.0. The Morgan fingerprint density at radius 3 is 2.75 bits per heavy atom. The SMILES string of the molecule is CCC1CCCC(C(O)CC(C)COC)C1. The van der Waals surface area contributed by atoms with E-state index < -0.39 is 0 Å². The van der Waals surface area contributed by atoms with Gasteiger partial charge in [-0.15, -0.1) is 0 Å². The third-order valence-corrected chi connectivity index (χ3v) is 4.04. The average molecular weight is 228 g/mol. The smallest absolute Gasteiger partial charge is 0.0571 e. The van der Waals surface area contributed by atoms with E-state index in [1.807, 2.05) is 0 Å². The molecule has 0 spiro atoms. The van der Waals surface area contributed by atoms with Gasteiger partial charge in [0, 0.05) is 13.7 Å². The third kappa shape index (κ3) is 4.42. The number of methoxy groups -OCH3 is 1. The summed E-state index contributed by atoms with van der Waals surface area (Å²) in [4.78, 5) is 0. The fourth-order valence-corrected chi connectivity index (χ4v) is 3.01. The van der Waals surface area contributed by atoms with Crippen LogP contribution < -0.4 is 0 Å². The lowest BCUT2D eigenvalue weighted by atomic mass is 9.76. The van der Waals surface area contributed by atoms with E-state index in [1.165, 1.54) is 32.1 Å². The van der Waals surface area contributed by atoms with Gasteiger partial charge >= 0.3 is 0 Å². The van der Waals surface area contributed by atoms with Crippen LogP contribution in [-0.2, 0) is 4.74 Å². The van der Waals surface area contributed by atoms with Crippen molar-refractivity contribution in [2.24, 2.45) is 17.8 Å². The van der Waals surface area contributed by atoms with Crippen molar-refractivity contribution in [2.75, 3.05) is 13.7 Å². The van der Waals surface area contributed by atoms with Crippen LogP contribution >= 0.6 is 0 Å². The van der Waals surface area contributed by atoms with Crippen molar-refractivity contribution in [3.8, 4) is 0 Å². The standard InChI is InChI=1S/C14H28O2/c1-4-12-6-5-7-13(9-12)14(15)8-11(2)10-16-3/h11-15H,4-10H2,1-3H3. The lowest BCUT2D eigenvalue weighted by molar-refractivity contribution is 0.0370. The van der Waals surface area contributed by atoms with Crippen LogP contribution in [0.3, 0.4) is 0 Å². The first-order valence-corrected chi connectivity index (χ1v) is 6.84. The summed E-state index contributed by atoms with van der Waals surface area (Å²) in [5.74, 6) is 1.87. The minimum Gasteiger partial charge on any atom is -0.393 e. The lowest BCUT2D eigenvalue weighted by Crippen LogP contribution is -2.28. The van der Waals surface area contributed by atoms with Gasteiger partial charge in [0.05, 0.1) is 6.10 Å². The molecular formula is C14H28O2. The highest BCUT2D eigenvalue weighted by Gasteiger charge is 2.27. The van der Waals surface area contributed by atoms with Crippen molar-refractivity contribution in [1.82, 2.24) is 0 Å². The van der Waals surface area contributed by atoms with Crippen LogP contribution in [0.25, 0.3) is 0 Å². The molecule has 4 atom stereocenters. The summed E-state index contributed by atoms with van der Waals surface area (Å²) in [6.07, 6.45) is 7.19. The Hall–Kier alpha value is -0.0800. The Morgan fingerprint density at radius 2 is 2.12 bits per heavy atom.